The first-order chi connectivity index (χ1) is 9.26. The van der Waals surface area contributed by atoms with Crippen LogP contribution in [0.25, 0.3) is 0 Å². The van der Waals surface area contributed by atoms with Gasteiger partial charge < -0.3 is 10.1 Å². The van der Waals surface area contributed by atoms with Gasteiger partial charge in [-0.1, -0.05) is 0 Å². The molecule has 0 amide bonds. The number of hydrogen-bond acceptors (Lipinski definition) is 3. The zero-order chi connectivity index (χ0) is 15.3. The molecular formula is C16H31N3O. The van der Waals surface area contributed by atoms with Gasteiger partial charge in [0.05, 0.1) is 11.7 Å². The molecule has 1 heterocycles. The molecule has 0 saturated carbocycles. The molecule has 1 unspecified atom stereocenters. The van der Waals surface area contributed by atoms with E-state index in [-0.39, 0.29) is 5.54 Å². The van der Waals surface area contributed by atoms with Gasteiger partial charge in [0.25, 0.3) is 0 Å². The van der Waals surface area contributed by atoms with Crippen LogP contribution in [0.15, 0.2) is 0 Å². The zero-order valence-electron chi connectivity index (χ0n) is 14.2. The van der Waals surface area contributed by atoms with E-state index in [0.717, 1.165) is 31.7 Å². The Morgan fingerprint density at radius 3 is 2.50 bits per heavy atom. The fourth-order valence-electron chi connectivity index (χ4n) is 2.46. The number of nitrogens with one attached hydrogen (secondary N) is 1. The Morgan fingerprint density at radius 1 is 1.30 bits per heavy atom. The molecule has 0 aliphatic heterocycles. The molecule has 20 heavy (non-hydrogen) atoms. The van der Waals surface area contributed by atoms with Crippen molar-refractivity contribution < 1.29 is 4.74 Å². The maximum absolute atomic E-state index is 5.16. The molecule has 1 rings (SSSR count). The molecule has 1 aromatic heterocycles. The summed E-state index contributed by atoms with van der Waals surface area (Å²) in [6.45, 7) is 14.9. The summed E-state index contributed by atoms with van der Waals surface area (Å²) in [6.07, 6.45) is 2.03. The minimum atomic E-state index is 0.170. The van der Waals surface area contributed by atoms with E-state index in [4.69, 9.17) is 9.84 Å². The van der Waals surface area contributed by atoms with Gasteiger partial charge in [-0.25, -0.2) is 0 Å². The van der Waals surface area contributed by atoms with E-state index in [1.807, 2.05) is 0 Å². The third-order valence-electron chi connectivity index (χ3n) is 3.66. The standard InChI is InChI=1S/C16H31N3O/c1-12(9-11-20-7)19-14(3)15(13(2)18-19)8-10-17-16(4,5)6/h12,17H,8-11H2,1-7H3. The second kappa shape index (κ2) is 7.23. The van der Waals surface area contributed by atoms with Crippen molar-refractivity contribution in [3.8, 4) is 0 Å². The van der Waals surface area contributed by atoms with E-state index in [9.17, 15) is 0 Å². The third-order valence-corrected chi connectivity index (χ3v) is 3.66. The number of rotatable bonds is 7. The van der Waals surface area contributed by atoms with Gasteiger partial charge in [0.15, 0.2) is 0 Å². The van der Waals surface area contributed by atoms with Crippen molar-refractivity contribution in [2.75, 3.05) is 20.3 Å². The SMILES string of the molecule is COCCC(C)n1nc(C)c(CCNC(C)(C)C)c1C. The van der Waals surface area contributed by atoms with Gasteiger partial charge in [0, 0.05) is 24.9 Å². The Kier molecular flexibility index (Phi) is 6.21. The largest absolute Gasteiger partial charge is 0.385 e. The lowest BCUT2D eigenvalue weighted by atomic mass is 10.1. The maximum Gasteiger partial charge on any atom is 0.0629 e. The van der Waals surface area contributed by atoms with Gasteiger partial charge in [0.2, 0.25) is 0 Å². The molecule has 0 fully saturated rings. The predicted molar refractivity (Wildman–Crippen MR) is 84.4 cm³/mol. The first-order valence-electron chi connectivity index (χ1n) is 7.55. The summed E-state index contributed by atoms with van der Waals surface area (Å²) in [5.74, 6) is 0. The molecule has 0 saturated heterocycles. The van der Waals surface area contributed by atoms with E-state index in [1.165, 1.54) is 11.3 Å². The Hall–Kier alpha value is -0.870. The Morgan fingerprint density at radius 2 is 1.95 bits per heavy atom. The van der Waals surface area contributed by atoms with E-state index in [0.29, 0.717) is 6.04 Å². The smallest absolute Gasteiger partial charge is 0.0629 e. The van der Waals surface area contributed by atoms with Gasteiger partial charge in [-0.15, -0.1) is 0 Å². The van der Waals surface area contributed by atoms with Crippen molar-refractivity contribution >= 4 is 0 Å². The fourth-order valence-corrected chi connectivity index (χ4v) is 2.46. The molecule has 1 aromatic rings. The van der Waals surface area contributed by atoms with Crippen LogP contribution in [0.5, 0.6) is 0 Å². The van der Waals surface area contributed by atoms with Crippen LogP contribution in [0.3, 0.4) is 0 Å². The highest BCUT2D eigenvalue weighted by atomic mass is 16.5. The normalized spacial score (nSPS) is 13.8. The summed E-state index contributed by atoms with van der Waals surface area (Å²) < 4.78 is 7.32. The van der Waals surface area contributed by atoms with Crippen LogP contribution in [-0.4, -0.2) is 35.6 Å². The highest BCUT2D eigenvalue weighted by molar-refractivity contribution is 5.25. The molecule has 0 spiro atoms. The van der Waals surface area contributed by atoms with Crippen LogP contribution >= 0.6 is 0 Å². The number of aromatic nitrogens is 2. The summed E-state index contributed by atoms with van der Waals surface area (Å²) in [4.78, 5) is 0. The number of hydrogen-bond donors (Lipinski definition) is 1. The topological polar surface area (TPSA) is 39.1 Å². The average molecular weight is 281 g/mol. The zero-order valence-corrected chi connectivity index (χ0v) is 14.2. The molecule has 4 nitrogen and oxygen atoms in total. The van der Waals surface area contributed by atoms with Crippen molar-refractivity contribution in [2.24, 2.45) is 0 Å². The van der Waals surface area contributed by atoms with E-state index >= 15 is 0 Å². The number of methoxy groups -OCH3 is 1. The quantitative estimate of drug-likeness (QED) is 0.835. The van der Waals surface area contributed by atoms with Crippen LogP contribution < -0.4 is 5.32 Å². The lowest BCUT2D eigenvalue weighted by molar-refractivity contribution is 0.178. The van der Waals surface area contributed by atoms with Crippen LogP contribution in [0.1, 0.15) is 57.1 Å². The molecule has 0 bridgehead atoms. The number of ether oxygens (including phenoxy) is 1. The van der Waals surface area contributed by atoms with Gasteiger partial charge in [-0.2, -0.15) is 5.10 Å². The van der Waals surface area contributed by atoms with Crippen molar-refractivity contribution in [2.45, 2.75) is 66.0 Å². The second-order valence-electron chi connectivity index (χ2n) is 6.65. The third kappa shape index (κ3) is 4.91. The summed E-state index contributed by atoms with van der Waals surface area (Å²) in [6, 6.07) is 0.387. The van der Waals surface area contributed by atoms with Crippen molar-refractivity contribution in [1.29, 1.82) is 0 Å². The Balaban J connectivity index is 2.71. The Bertz CT molecular complexity index is 418. The van der Waals surface area contributed by atoms with Crippen LogP contribution in [0, 0.1) is 13.8 Å². The molecule has 4 heteroatoms. The summed E-state index contributed by atoms with van der Waals surface area (Å²) in [5, 5.41) is 8.25. The molecule has 1 atom stereocenters. The minimum Gasteiger partial charge on any atom is -0.385 e. The van der Waals surface area contributed by atoms with Gasteiger partial charge in [0.1, 0.15) is 0 Å². The van der Waals surface area contributed by atoms with Crippen LogP contribution in [0.4, 0.5) is 0 Å². The molecule has 0 aliphatic carbocycles. The van der Waals surface area contributed by atoms with Gasteiger partial charge in [-0.05, 0) is 66.5 Å². The highest BCUT2D eigenvalue weighted by Crippen LogP contribution is 2.20. The van der Waals surface area contributed by atoms with E-state index in [1.54, 1.807) is 7.11 Å². The molecular weight excluding hydrogens is 250 g/mol. The van der Waals surface area contributed by atoms with Gasteiger partial charge in [-0.3, -0.25) is 4.68 Å². The minimum absolute atomic E-state index is 0.170. The molecule has 1 N–H and O–H groups in total. The van der Waals surface area contributed by atoms with Crippen LogP contribution in [0.2, 0.25) is 0 Å². The lowest BCUT2D eigenvalue weighted by Gasteiger charge is -2.20. The van der Waals surface area contributed by atoms with E-state index < -0.39 is 0 Å². The van der Waals surface area contributed by atoms with Gasteiger partial charge >= 0.3 is 0 Å². The first-order valence-corrected chi connectivity index (χ1v) is 7.55. The van der Waals surface area contributed by atoms with Crippen molar-refractivity contribution in [1.82, 2.24) is 15.1 Å². The first kappa shape index (κ1) is 17.2. The lowest BCUT2D eigenvalue weighted by Crippen LogP contribution is -2.37. The van der Waals surface area contributed by atoms with Crippen molar-refractivity contribution in [3.05, 3.63) is 17.0 Å². The second-order valence-corrected chi connectivity index (χ2v) is 6.65. The molecule has 0 aliphatic rings. The highest BCUT2D eigenvalue weighted by Gasteiger charge is 2.16. The molecule has 116 valence electrons. The summed E-state index contributed by atoms with van der Waals surface area (Å²) in [7, 11) is 1.75. The Labute approximate surface area is 123 Å². The van der Waals surface area contributed by atoms with E-state index in [2.05, 4.69) is 51.5 Å². The average Bonchev–Trinajstić information content (AvgIpc) is 2.62. The number of nitrogens with zero attached hydrogens (tertiary/aromatic N) is 2. The van der Waals surface area contributed by atoms with Crippen LogP contribution in [-0.2, 0) is 11.2 Å². The number of aryl methyl sites for hydroxylation is 1. The molecule has 0 radical (unpaired) electrons. The fraction of sp³-hybridized carbons (Fsp3) is 0.812. The summed E-state index contributed by atoms with van der Waals surface area (Å²) >= 11 is 0. The monoisotopic (exact) mass is 281 g/mol. The maximum atomic E-state index is 5.16. The predicted octanol–water partition coefficient (Wildman–Crippen LogP) is 3.03. The van der Waals surface area contributed by atoms with Crippen molar-refractivity contribution in [3.63, 3.8) is 0 Å². The summed E-state index contributed by atoms with van der Waals surface area (Å²) in [5.41, 5.74) is 4.00. The molecule has 0 aromatic carbocycles.